The Bertz CT molecular complexity index is 700. The lowest BCUT2D eigenvalue weighted by Gasteiger charge is -2.26. The summed E-state index contributed by atoms with van der Waals surface area (Å²) in [6.07, 6.45) is 6.68. The minimum Gasteiger partial charge on any atom is -0.333 e. The molecular formula is C18H22N4O3. The van der Waals surface area contributed by atoms with Crippen LogP contribution < -0.4 is 5.32 Å². The van der Waals surface area contributed by atoms with Crippen LogP contribution >= 0.6 is 0 Å². The van der Waals surface area contributed by atoms with Crippen molar-refractivity contribution in [2.24, 2.45) is 0 Å². The van der Waals surface area contributed by atoms with Gasteiger partial charge < -0.3 is 10.2 Å². The molecule has 3 aliphatic rings. The summed E-state index contributed by atoms with van der Waals surface area (Å²) < 4.78 is 0. The van der Waals surface area contributed by atoms with Crippen LogP contribution in [0.5, 0.6) is 0 Å². The van der Waals surface area contributed by atoms with Crippen LogP contribution in [-0.2, 0) is 9.59 Å². The van der Waals surface area contributed by atoms with Crippen molar-refractivity contribution in [3.05, 3.63) is 30.1 Å². The van der Waals surface area contributed by atoms with Gasteiger partial charge in [-0.25, -0.2) is 4.79 Å². The number of hydrogen-bond acceptors (Lipinski definition) is 4. The zero-order chi connectivity index (χ0) is 17.4. The van der Waals surface area contributed by atoms with Gasteiger partial charge in [0.25, 0.3) is 5.91 Å². The van der Waals surface area contributed by atoms with E-state index in [9.17, 15) is 14.4 Å². The SMILES string of the molecule is O=C1NC2(CCCC2)C(=O)N1CC(=O)N1CCCC1c1ccccn1. The number of urea groups is 1. The van der Waals surface area contributed by atoms with Crippen molar-refractivity contribution < 1.29 is 14.4 Å². The predicted molar refractivity (Wildman–Crippen MR) is 89.4 cm³/mol. The predicted octanol–water partition coefficient (Wildman–Crippen LogP) is 1.61. The van der Waals surface area contributed by atoms with E-state index in [1.165, 1.54) is 0 Å². The van der Waals surface area contributed by atoms with E-state index in [2.05, 4.69) is 10.3 Å². The van der Waals surface area contributed by atoms with E-state index in [1.54, 1.807) is 11.1 Å². The van der Waals surface area contributed by atoms with Gasteiger partial charge >= 0.3 is 6.03 Å². The number of hydrogen-bond donors (Lipinski definition) is 1. The first-order valence-electron chi connectivity index (χ1n) is 8.95. The van der Waals surface area contributed by atoms with Gasteiger partial charge in [-0.1, -0.05) is 18.9 Å². The van der Waals surface area contributed by atoms with Crippen LogP contribution in [0.4, 0.5) is 4.79 Å². The highest BCUT2D eigenvalue weighted by molar-refractivity contribution is 6.09. The maximum absolute atomic E-state index is 12.8. The van der Waals surface area contributed by atoms with Gasteiger partial charge in [-0.2, -0.15) is 0 Å². The number of nitrogens with one attached hydrogen (secondary N) is 1. The number of imide groups is 1. The number of rotatable bonds is 3. The molecule has 1 saturated carbocycles. The van der Waals surface area contributed by atoms with Gasteiger partial charge in [0.05, 0.1) is 11.7 Å². The molecule has 1 aromatic rings. The van der Waals surface area contributed by atoms with E-state index in [-0.39, 0.29) is 24.4 Å². The van der Waals surface area contributed by atoms with Crippen LogP contribution in [0.15, 0.2) is 24.4 Å². The van der Waals surface area contributed by atoms with Crippen molar-refractivity contribution in [1.82, 2.24) is 20.1 Å². The summed E-state index contributed by atoms with van der Waals surface area (Å²) in [5.41, 5.74) is 0.0979. The van der Waals surface area contributed by atoms with E-state index in [0.29, 0.717) is 19.4 Å². The number of amides is 4. The standard InChI is InChI=1S/C18H22N4O3/c23-15(21-11-5-7-14(21)13-6-1-4-10-19-13)12-22-16(24)18(20-17(22)25)8-2-3-9-18/h1,4,6,10,14H,2-3,5,7-9,11-12H2,(H,20,25). The lowest BCUT2D eigenvalue weighted by atomic mass is 9.98. The number of aromatic nitrogens is 1. The monoisotopic (exact) mass is 342 g/mol. The van der Waals surface area contributed by atoms with E-state index in [1.807, 2.05) is 18.2 Å². The molecule has 0 bridgehead atoms. The molecule has 1 spiro atoms. The van der Waals surface area contributed by atoms with Crippen LogP contribution in [0.25, 0.3) is 0 Å². The summed E-state index contributed by atoms with van der Waals surface area (Å²) in [7, 11) is 0. The van der Waals surface area contributed by atoms with Gasteiger partial charge in [0.2, 0.25) is 5.91 Å². The normalized spacial score (nSPS) is 25.0. The topological polar surface area (TPSA) is 82.6 Å². The second-order valence-corrected chi connectivity index (χ2v) is 7.11. The largest absolute Gasteiger partial charge is 0.333 e. The number of carbonyl (C=O) groups is 3. The Hall–Kier alpha value is -2.44. The number of likely N-dealkylation sites (tertiary alicyclic amines) is 1. The highest BCUT2D eigenvalue weighted by atomic mass is 16.2. The Balaban J connectivity index is 1.48. The lowest BCUT2D eigenvalue weighted by molar-refractivity contribution is -0.139. The Kier molecular flexibility index (Phi) is 3.94. The minimum absolute atomic E-state index is 0.0742. The van der Waals surface area contributed by atoms with Gasteiger partial charge in [-0.05, 0) is 37.8 Å². The molecule has 132 valence electrons. The molecule has 7 heteroatoms. The van der Waals surface area contributed by atoms with Gasteiger partial charge in [-0.15, -0.1) is 0 Å². The third-order valence-electron chi connectivity index (χ3n) is 5.60. The fourth-order valence-electron chi connectivity index (χ4n) is 4.31. The zero-order valence-corrected chi connectivity index (χ0v) is 14.1. The van der Waals surface area contributed by atoms with Crippen LogP contribution in [0.3, 0.4) is 0 Å². The second-order valence-electron chi connectivity index (χ2n) is 7.11. The molecule has 2 aliphatic heterocycles. The highest BCUT2D eigenvalue weighted by Gasteiger charge is 2.53. The summed E-state index contributed by atoms with van der Waals surface area (Å²) in [6, 6.07) is 5.16. The molecule has 25 heavy (non-hydrogen) atoms. The van der Waals surface area contributed by atoms with Gasteiger partial charge in [0.1, 0.15) is 12.1 Å². The maximum Gasteiger partial charge on any atom is 0.325 e. The van der Waals surface area contributed by atoms with Crippen LogP contribution in [0, 0.1) is 0 Å². The first kappa shape index (κ1) is 16.1. The highest BCUT2D eigenvalue weighted by Crippen LogP contribution is 2.35. The van der Waals surface area contributed by atoms with Gasteiger partial charge in [-0.3, -0.25) is 19.5 Å². The Morgan fingerprint density at radius 1 is 1.24 bits per heavy atom. The van der Waals surface area contributed by atoms with Gasteiger partial charge in [0.15, 0.2) is 0 Å². The average molecular weight is 342 g/mol. The summed E-state index contributed by atoms with van der Waals surface area (Å²) in [4.78, 5) is 45.0. The van der Waals surface area contributed by atoms with Crippen molar-refractivity contribution in [2.45, 2.75) is 50.1 Å². The van der Waals surface area contributed by atoms with Crippen molar-refractivity contribution in [1.29, 1.82) is 0 Å². The molecule has 0 radical (unpaired) electrons. The van der Waals surface area contributed by atoms with E-state index in [0.717, 1.165) is 36.3 Å². The molecule has 1 atom stereocenters. The molecule has 1 aliphatic carbocycles. The molecule has 0 aromatic carbocycles. The first-order valence-corrected chi connectivity index (χ1v) is 8.95. The Morgan fingerprint density at radius 2 is 2.04 bits per heavy atom. The van der Waals surface area contributed by atoms with Crippen molar-refractivity contribution in [3.63, 3.8) is 0 Å². The first-order chi connectivity index (χ1) is 12.1. The molecule has 4 rings (SSSR count). The zero-order valence-electron chi connectivity index (χ0n) is 14.1. The fraction of sp³-hybridized carbons (Fsp3) is 0.556. The summed E-state index contributed by atoms with van der Waals surface area (Å²) in [5.74, 6) is -0.427. The van der Waals surface area contributed by atoms with Crippen molar-refractivity contribution in [2.75, 3.05) is 13.1 Å². The third-order valence-corrected chi connectivity index (χ3v) is 5.60. The molecule has 3 fully saturated rings. The average Bonchev–Trinajstić information content (AvgIpc) is 3.33. The minimum atomic E-state index is -0.761. The number of nitrogens with zero attached hydrogens (tertiary/aromatic N) is 3. The summed E-state index contributed by atoms with van der Waals surface area (Å²) >= 11 is 0. The molecule has 2 saturated heterocycles. The van der Waals surface area contributed by atoms with E-state index >= 15 is 0 Å². The van der Waals surface area contributed by atoms with Crippen LogP contribution in [0.1, 0.15) is 50.3 Å². The second kappa shape index (κ2) is 6.13. The number of carbonyl (C=O) groups excluding carboxylic acids is 3. The maximum atomic E-state index is 12.8. The molecule has 1 N–H and O–H groups in total. The van der Waals surface area contributed by atoms with E-state index < -0.39 is 11.6 Å². The van der Waals surface area contributed by atoms with E-state index in [4.69, 9.17) is 0 Å². The Morgan fingerprint density at radius 3 is 2.76 bits per heavy atom. The summed E-state index contributed by atoms with van der Waals surface area (Å²) in [5, 5.41) is 2.82. The number of pyridine rings is 1. The lowest BCUT2D eigenvalue weighted by Crippen LogP contribution is -2.46. The molecule has 1 aromatic heterocycles. The molecule has 4 amide bonds. The fourth-order valence-corrected chi connectivity index (χ4v) is 4.31. The smallest absolute Gasteiger partial charge is 0.325 e. The van der Waals surface area contributed by atoms with Gasteiger partial charge in [0, 0.05) is 12.7 Å². The van der Waals surface area contributed by atoms with Crippen LogP contribution in [-0.4, -0.2) is 51.3 Å². The van der Waals surface area contributed by atoms with Crippen LogP contribution in [0.2, 0.25) is 0 Å². The molecule has 1 unspecified atom stereocenters. The Labute approximate surface area is 146 Å². The molecule has 7 nitrogen and oxygen atoms in total. The quantitative estimate of drug-likeness (QED) is 0.846. The molecular weight excluding hydrogens is 320 g/mol. The van der Waals surface area contributed by atoms with Crippen molar-refractivity contribution >= 4 is 17.8 Å². The summed E-state index contributed by atoms with van der Waals surface area (Å²) in [6.45, 7) is 0.449. The molecule has 3 heterocycles. The van der Waals surface area contributed by atoms with Crippen molar-refractivity contribution in [3.8, 4) is 0 Å². The third kappa shape index (κ3) is 2.67.